The van der Waals surface area contributed by atoms with Crippen LogP contribution in [0.25, 0.3) is 0 Å². The van der Waals surface area contributed by atoms with E-state index in [1.54, 1.807) is 13.8 Å². The normalized spacial score (nSPS) is 14.9. The van der Waals surface area contributed by atoms with Gasteiger partial charge in [0.15, 0.2) is 0 Å². The minimum atomic E-state index is -1.64. The molecule has 0 fully saturated rings. The molecule has 10 N–H and O–H groups in total. The minimum Gasteiger partial charge on any atom is -0.508 e. The van der Waals surface area contributed by atoms with Crippen molar-refractivity contribution in [1.29, 1.82) is 0 Å². The average Bonchev–Trinajstić information content (AvgIpc) is 2.89. The van der Waals surface area contributed by atoms with Crippen molar-refractivity contribution < 1.29 is 49.2 Å². The number of aliphatic hydroxyl groups is 1. The Labute approximate surface area is 236 Å². The molecule has 0 aliphatic carbocycles. The molecule has 0 bridgehead atoms. The van der Waals surface area contributed by atoms with Gasteiger partial charge < -0.3 is 47.4 Å². The largest absolute Gasteiger partial charge is 0.508 e. The second kappa shape index (κ2) is 15.5. The van der Waals surface area contributed by atoms with Crippen LogP contribution in [-0.4, -0.2) is 92.3 Å². The molecule has 1 aromatic carbocycles. The Kier molecular flexibility index (Phi) is 13.2. The fourth-order valence-corrected chi connectivity index (χ4v) is 3.50. The fraction of sp³-hybridized carbons (Fsp3) is 0.538. The molecule has 0 radical (unpaired) electrons. The third-order valence-electron chi connectivity index (χ3n) is 6.32. The molecule has 0 heterocycles. The highest BCUT2D eigenvalue weighted by molar-refractivity contribution is 5.96. The second-order valence-electron chi connectivity index (χ2n) is 10.2. The number of phenolic OH excluding ortho intramolecular Hbond substituents is 1. The predicted molar refractivity (Wildman–Crippen MR) is 144 cm³/mol. The van der Waals surface area contributed by atoms with E-state index in [2.05, 4.69) is 21.3 Å². The Morgan fingerprint density at radius 3 is 1.90 bits per heavy atom. The van der Waals surface area contributed by atoms with E-state index in [-0.39, 0.29) is 12.2 Å². The van der Waals surface area contributed by atoms with Crippen LogP contribution in [0.4, 0.5) is 0 Å². The van der Waals surface area contributed by atoms with Crippen LogP contribution in [0.5, 0.6) is 5.75 Å². The number of carboxylic acid groups (broad SMARTS) is 2. The molecule has 0 aliphatic heterocycles. The van der Waals surface area contributed by atoms with E-state index >= 15 is 0 Å². The third-order valence-corrected chi connectivity index (χ3v) is 6.32. The van der Waals surface area contributed by atoms with Crippen LogP contribution in [0, 0.1) is 5.92 Å². The lowest BCUT2D eigenvalue weighted by molar-refractivity contribution is -0.146. The van der Waals surface area contributed by atoms with Gasteiger partial charge in [0.05, 0.1) is 19.1 Å². The standard InChI is InChI=1S/C26H39N5O10/c1-5-13(2)20(24(39)31-26(3,4)25(40)41)30-23(38)18(12-32)29-22(37)17(10-14-6-8-15(33)9-7-14)28-21(36)16(27)11-19(34)35/h6-9,13,16-18,20,32-33H,5,10-12,27H2,1-4H3,(H,28,36)(H,29,37)(H,30,38)(H,31,39)(H,34,35)(H,40,41)/t13-,16-,17-,18-,20-/m0/s1. The molecule has 0 unspecified atom stereocenters. The molecule has 0 aromatic heterocycles. The maximum Gasteiger partial charge on any atom is 0.328 e. The van der Waals surface area contributed by atoms with Gasteiger partial charge in [0.1, 0.15) is 29.4 Å². The first-order valence-electron chi connectivity index (χ1n) is 12.8. The molecule has 0 aliphatic rings. The zero-order valence-corrected chi connectivity index (χ0v) is 23.3. The predicted octanol–water partition coefficient (Wildman–Crippen LogP) is -1.79. The smallest absolute Gasteiger partial charge is 0.328 e. The molecule has 228 valence electrons. The van der Waals surface area contributed by atoms with Crippen molar-refractivity contribution in [2.75, 3.05) is 6.61 Å². The quantitative estimate of drug-likeness (QED) is 0.105. The summed E-state index contributed by atoms with van der Waals surface area (Å²) in [6.07, 6.45) is -0.447. The highest BCUT2D eigenvalue weighted by atomic mass is 16.4. The van der Waals surface area contributed by atoms with Crippen LogP contribution in [-0.2, 0) is 35.2 Å². The highest BCUT2D eigenvalue weighted by Crippen LogP contribution is 2.13. The molecule has 0 saturated carbocycles. The average molecular weight is 582 g/mol. The topological polar surface area (TPSA) is 257 Å². The number of hydrogen-bond donors (Lipinski definition) is 9. The van der Waals surface area contributed by atoms with Gasteiger partial charge in [-0.05, 0) is 37.5 Å². The summed E-state index contributed by atoms with van der Waals surface area (Å²) in [7, 11) is 0. The molecule has 4 amide bonds. The van der Waals surface area contributed by atoms with Crippen molar-refractivity contribution in [2.24, 2.45) is 11.7 Å². The van der Waals surface area contributed by atoms with Gasteiger partial charge in [-0.15, -0.1) is 0 Å². The van der Waals surface area contributed by atoms with E-state index in [0.717, 1.165) is 0 Å². The lowest BCUT2D eigenvalue weighted by atomic mass is 9.96. The molecule has 0 spiro atoms. The molecule has 5 atom stereocenters. The van der Waals surface area contributed by atoms with Crippen molar-refractivity contribution in [1.82, 2.24) is 21.3 Å². The number of amides is 4. The van der Waals surface area contributed by atoms with Crippen LogP contribution < -0.4 is 27.0 Å². The second-order valence-corrected chi connectivity index (χ2v) is 10.2. The number of aliphatic hydroxyl groups excluding tert-OH is 1. The summed E-state index contributed by atoms with van der Waals surface area (Å²) < 4.78 is 0. The van der Waals surface area contributed by atoms with Crippen LogP contribution in [0.1, 0.15) is 46.1 Å². The summed E-state index contributed by atoms with van der Waals surface area (Å²) in [4.78, 5) is 73.9. The Morgan fingerprint density at radius 2 is 1.41 bits per heavy atom. The Morgan fingerprint density at radius 1 is 0.878 bits per heavy atom. The van der Waals surface area contributed by atoms with Gasteiger partial charge in [-0.2, -0.15) is 0 Å². The molecule has 1 rings (SSSR count). The van der Waals surface area contributed by atoms with Crippen molar-refractivity contribution in [3.8, 4) is 5.75 Å². The molecule has 0 saturated heterocycles. The first kappa shape index (κ1) is 34.8. The number of benzene rings is 1. The van der Waals surface area contributed by atoms with Crippen LogP contribution >= 0.6 is 0 Å². The molecule has 15 heteroatoms. The Balaban J connectivity index is 3.14. The molecule has 41 heavy (non-hydrogen) atoms. The summed E-state index contributed by atoms with van der Waals surface area (Å²) in [5.74, 6) is -6.77. The lowest BCUT2D eigenvalue weighted by Gasteiger charge is -2.30. The molecular formula is C26H39N5O10. The number of hydrogen-bond acceptors (Lipinski definition) is 9. The van der Waals surface area contributed by atoms with Crippen molar-refractivity contribution in [3.05, 3.63) is 29.8 Å². The summed E-state index contributed by atoms with van der Waals surface area (Å²) in [6.45, 7) is 5.03. The number of aromatic hydroxyl groups is 1. The minimum absolute atomic E-state index is 0.0501. The number of rotatable bonds is 16. The van der Waals surface area contributed by atoms with Gasteiger partial charge in [0.25, 0.3) is 0 Å². The maximum absolute atomic E-state index is 13.2. The first-order valence-corrected chi connectivity index (χ1v) is 12.8. The van der Waals surface area contributed by atoms with Gasteiger partial charge in [0.2, 0.25) is 23.6 Å². The first-order chi connectivity index (χ1) is 19.0. The van der Waals surface area contributed by atoms with E-state index in [1.165, 1.54) is 38.1 Å². The van der Waals surface area contributed by atoms with Crippen molar-refractivity contribution in [3.63, 3.8) is 0 Å². The van der Waals surface area contributed by atoms with Crippen molar-refractivity contribution in [2.45, 2.75) is 76.7 Å². The van der Waals surface area contributed by atoms with Gasteiger partial charge in [-0.1, -0.05) is 32.4 Å². The zero-order valence-electron chi connectivity index (χ0n) is 23.3. The fourth-order valence-electron chi connectivity index (χ4n) is 3.50. The lowest BCUT2D eigenvalue weighted by Crippen LogP contribution is -2.62. The zero-order chi connectivity index (χ0) is 31.5. The van der Waals surface area contributed by atoms with Gasteiger partial charge in [0, 0.05) is 6.42 Å². The Bertz CT molecular complexity index is 1110. The van der Waals surface area contributed by atoms with E-state index in [9.17, 15) is 44.1 Å². The molecular weight excluding hydrogens is 542 g/mol. The van der Waals surface area contributed by atoms with E-state index in [1.807, 2.05) is 0 Å². The van der Waals surface area contributed by atoms with Gasteiger partial charge in [-0.25, -0.2) is 4.79 Å². The maximum atomic E-state index is 13.2. The van der Waals surface area contributed by atoms with E-state index in [4.69, 9.17) is 10.8 Å². The molecule has 15 nitrogen and oxygen atoms in total. The number of nitrogens with one attached hydrogen (secondary N) is 4. The van der Waals surface area contributed by atoms with E-state index in [0.29, 0.717) is 12.0 Å². The summed E-state index contributed by atoms with van der Waals surface area (Å²) in [5, 5.41) is 47.1. The number of aliphatic carboxylic acids is 2. The monoisotopic (exact) mass is 581 g/mol. The number of carbonyl (C=O) groups excluding carboxylic acids is 4. The highest BCUT2D eigenvalue weighted by Gasteiger charge is 2.36. The number of nitrogens with two attached hydrogens (primary N) is 1. The van der Waals surface area contributed by atoms with Crippen molar-refractivity contribution >= 4 is 35.6 Å². The number of carboxylic acids is 2. The van der Waals surface area contributed by atoms with E-state index < -0.39 is 84.2 Å². The van der Waals surface area contributed by atoms with Crippen LogP contribution in [0.15, 0.2) is 24.3 Å². The van der Waals surface area contributed by atoms with Crippen LogP contribution in [0.3, 0.4) is 0 Å². The SMILES string of the molecule is CC[C@H](C)[C@H](NC(=O)[C@H](CO)NC(=O)[C@H](Cc1ccc(O)cc1)NC(=O)[C@@H](N)CC(=O)O)C(=O)NC(C)(C)C(=O)O. The summed E-state index contributed by atoms with van der Waals surface area (Å²) in [6, 6.07) is -0.00886. The number of phenols is 1. The number of carbonyl (C=O) groups is 6. The summed E-state index contributed by atoms with van der Waals surface area (Å²) in [5.41, 5.74) is 4.45. The van der Waals surface area contributed by atoms with Gasteiger partial charge in [-0.3, -0.25) is 24.0 Å². The van der Waals surface area contributed by atoms with Gasteiger partial charge >= 0.3 is 11.9 Å². The third kappa shape index (κ3) is 11.0. The Hall–Kier alpha value is -4.24. The van der Waals surface area contributed by atoms with Crippen LogP contribution in [0.2, 0.25) is 0 Å². The summed E-state index contributed by atoms with van der Waals surface area (Å²) >= 11 is 0. The molecule has 1 aromatic rings.